The molecule has 0 aliphatic rings. The number of hydrogen-bond acceptors (Lipinski definition) is 4. The molecule has 1 aromatic heterocycles. The molecule has 1 amide bonds. The van der Waals surface area contributed by atoms with Crippen molar-refractivity contribution in [2.24, 2.45) is 0 Å². The summed E-state index contributed by atoms with van der Waals surface area (Å²) in [7, 11) is 0. The highest BCUT2D eigenvalue weighted by Crippen LogP contribution is 2.21. The van der Waals surface area contributed by atoms with Gasteiger partial charge >= 0.3 is 6.61 Å². The first-order valence-corrected chi connectivity index (χ1v) is 8.85. The van der Waals surface area contributed by atoms with E-state index in [0.29, 0.717) is 17.0 Å². The number of carbonyl (C=O) groups is 2. The molecule has 3 aromatic rings. The molecule has 150 valence electrons. The zero-order chi connectivity index (χ0) is 21.0. The Morgan fingerprint density at radius 3 is 2.41 bits per heavy atom. The summed E-state index contributed by atoms with van der Waals surface area (Å²) in [5.74, 6) is -1.65. The Balaban J connectivity index is 1.77. The van der Waals surface area contributed by atoms with E-state index in [1.54, 1.807) is 30.7 Å². The molecule has 29 heavy (non-hydrogen) atoms. The fourth-order valence-electron chi connectivity index (χ4n) is 3.02. The lowest BCUT2D eigenvalue weighted by atomic mass is 10.1. The van der Waals surface area contributed by atoms with Crippen molar-refractivity contribution in [3.05, 3.63) is 77.1 Å². The number of hydrogen-bond donors (Lipinski definition) is 1. The molecular weight excluding hydrogens is 380 g/mol. The van der Waals surface area contributed by atoms with Crippen LogP contribution in [0.2, 0.25) is 0 Å². The van der Waals surface area contributed by atoms with Gasteiger partial charge in [-0.3, -0.25) is 9.59 Å². The highest BCUT2D eigenvalue weighted by atomic mass is 19.3. The van der Waals surface area contributed by atoms with Crippen molar-refractivity contribution in [3.63, 3.8) is 0 Å². The maximum absolute atomic E-state index is 12.7. The number of para-hydroxylation sites is 2. The van der Waals surface area contributed by atoms with Crippen LogP contribution in [-0.2, 0) is 11.3 Å². The highest BCUT2D eigenvalue weighted by molar-refractivity contribution is 6.43. The maximum atomic E-state index is 12.7. The Labute approximate surface area is 166 Å². The molecule has 1 N–H and O–H groups in total. The van der Waals surface area contributed by atoms with Gasteiger partial charge in [0.25, 0.3) is 11.7 Å². The first-order chi connectivity index (χ1) is 13.9. The number of ether oxygens (including phenoxy) is 1. The lowest BCUT2D eigenvalue weighted by Gasteiger charge is -2.11. The smallest absolute Gasteiger partial charge is 0.387 e. The van der Waals surface area contributed by atoms with Crippen LogP contribution in [0.1, 0.15) is 27.3 Å². The van der Waals surface area contributed by atoms with Gasteiger partial charge < -0.3 is 10.1 Å². The van der Waals surface area contributed by atoms with Crippen LogP contribution in [0.15, 0.2) is 54.6 Å². The number of benzene rings is 2. The molecule has 0 bridgehead atoms. The maximum Gasteiger partial charge on any atom is 0.387 e. The fraction of sp³-hybridized carbons (Fsp3) is 0.190. The van der Waals surface area contributed by atoms with Crippen molar-refractivity contribution < 1.29 is 23.1 Å². The number of Topliss-reactive ketones (excluding diaryl/α,β-unsaturated/α-hetero) is 1. The quantitative estimate of drug-likeness (QED) is 0.487. The minimum Gasteiger partial charge on any atom is -0.434 e. The number of ketones is 1. The van der Waals surface area contributed by atoms with Gasteiger partial charge in [-0.1, -0.05) is 36.4 Å². The van der Waals surface area contributed by atoms with Crippen molar-refractivity contribution in [2.75, 3.05) is 0 Å². The van der Waals surface area contributed by atoms with Gasteiger partial charge in [-0.2, -0.15) is 13.9 Å². The van der Waals surface area contributed by atoms with E-state index < -0.39 is 18.3 Å². The average molecular weight is 399 g/mol. The van der Waals surface area contributed by atoms with Gasteiger partial charge in [0.15, 0.2) is 0 Å². The number of nitrogens with one attached hydrogen (secondary N) is 1. The number of aromatic nitrogens is 2. The molecule has 0 fully saturated rings. The summed E-state index contributed by atoms with van der Waals surface area (Å²) in [5.41, 5.74) is 2.28. The van der Waals surface area contributed by atoms with E-state index in [-0.39, 0.29) is 17.9 Å². The van der Waals surface area contributed by atoms with Crippen LogP contribution in [0, 0.1) is 13.8 Å². The minimum atomic E-state index is -2.98. The summed E-state index contributed by atoms with van der Waals surface area (Å²) < 4.78 is 31.0. The van der Waals surface area contributed by atoms with Gasteiger partial charge in [0.2, 0.25) is 0 Å². The molecule has 0 atom stereocenters. The standard InChI is InChI=1S/C21H19F2N3O3/c1-13-18(14(2)26(25-13)16-9-4-3-5-10-16)19(27)20(28)24-12-15-8-6-7-11-17(15)29-21(22)23/h3-11,21H,12H2,1-2H3,(H,24,28). The van der Waals surface area contributed by atoms with Crippen molar-refractivity contribution >= 4 is 11.7 Å². The molecule has 3 rings (SSSR count). The predicted molar refractivity (Wildman–Crippen MR) is 102 cm³/mol. The Morgan fingerprint density at radius 1 is 1.07 bits per heavy atom. The summed E-state index contributed by atoms with van der Waals surface area (Å²) in [6.45, 7) is 0.249. The zero-order valence-corrected chi connectivity index (χ0v) is 15.9. The number of aryl methyl sites for hydroxylation is 1. The number of alkyl halides is 2. The Kier molecular flexibility index (Phi) is 6.01. The second kappa shape index (κ2) is 8.64. The lowest BCUT2D eigenvalue weighted by molar-refractivity contribution is -0.117. The van der Waals surface area contributed by atoms with Gasteiger partial charge in [0.05, 0.1) is 22.6 Å². The zero-order valence-electron chi connectivity index (χ0n) is 15.9. The molecule has 0 saturated heterocycles. The summed E-state index contributed by atoms with van der Waals surface area (Å²) in [5, 5.41) is 6.83. The summed E-state index contributed by atoms with van der Waals surface area (Å²) in [6, 6.07) is 15.3. The fourth-order valence-corrected chi connectivity index (χ4v) is 3.02. The van der Waals surface area contributed by atoms with E-state index in [2.05, 4.69) is 15.2 Å². The number of carbonyl (C=O) groups excluding carboxylic acids is 2. The van der Waals surface area contributed by atoms with Gasteiger partial charge in [-0.25, -0.2) is 4.68 Å². The van der Waals surface area contributed by atoms with Crippen LogP contribution in [-0.4, -0.2) is 28.1 Å². The summed E-state index contributed by atoms with van der Waals surface area (Å²) in [6.07, 6.45) is 0. The van der Waals surface area contributed by atoms with Crippen molar-refractivity contribution in [2.45, 2.75) is 27.0 Å². The highest BCUT2D eigenvalue weighted by Gasteiger charge is 2.25. The monoisotopic (exact) mass is 399 g/mol. The largest absolute Gasteiger partial charge is 0.434 e. The normalized spacial score (nSPS) is 10.8. The summed E-state index contributed by atoms with van der Waals surface area (Å²) >= 11 is 0. The SMILES string of the molecule is Cc1nn(-c2ccccc2)c(C)c1C(=O)C(=O)NCc1ccccc1OC(F)F. The second-order valence-electron chi connectivity index (χ2n) is 6.29. The van der Waals surface area contributed by atoms with E-state index in [1.807, 2.05) is 30.3 Å². The molecule has 0 aliphatic carbocycles. The molecule has 0 unspecified atom stereocenters. The van der Waals surface area contributed by atoms with Crippen molar-refractivity contribution in [3.8, 4) is 11.4 Å². The van der Waals surface area contributed by atoms with Crippen LogP contribution in [0.4, 0.5) is 8.78 Å². The predicted octanol–water partition coefficient (Wildman–Crippen LogP) is 3.59. The molecular formula is C21H19F2N3O3. The number of amides is 1. The van der Waals surface area contributed by atoms with Crippen LogP contribution in [0.3, 0.4) is 0 Å². The molecule has 1 heterocycles. The first-order valence-electron chi connectivity index (χ1n) is 8.85. The molecule has 8 heteroatoms. The van der Waals surface area contributed by atoms with Crippen molar-refractivity contribution in [1.82, 2.24) is 15.1 Å². The first kappa shape index (κ1) is 20.2. The Bertz CT molecular complexity index is 1030. The average Bonchev–Trinajstić information content (AvgIpc) is 3.01. The third kappa shape index (κ3) is 4.48. The summed E-state index contributed by atoms with van der Waals surface area (Å²) in [4.78, 5) is 25.1. The Hall–Kier alpha value is -3.55. The number of nitrogens with zero attached hydrogens (tertiary/aromatic N) is 2. The topological polar surface area (TPSA) is 73.2 Å². The Morgan fingerprint density at radius 2 is 1.72 bits per heavy atom. The minimum absolute atomic E-state index is 0.0560. The second-order valence-corrected chi connectivity index (χ2v) is 6.29. The molecule has 2 aromatic carbocycles. The third-order valence-corrected chi connectivity index (χ3v) is 4.35. The van der Waals surface area contributed by atoms with Gasteiger partial charge in [-0.15, -0.1) is 0 Å². The van der Waals surface area contributed by atoms with Gasteiger partial charge in [0.1, 0.15) is 5.75 Å². The van der Waals surface area contributed by atoms with E-state index in [4.69, 9.17) is 0 Å². The van der Waals surface area contributed by atoms with Crippen LogP contribution in [0.25, 0.3) is 5.69 Å². The van der Waals surface area contributed by atoms with E-state index in [1.165, 1.54) is 12.1 Å². The van der Waals surface area contributed by atoms with E-state index in [9.17, 15) is 18.4 Å². The van der Waals surface area contributed by atoms with E-state index >= 15 is 0 Å². The third-order valence-electron chi connectivity index (χ3n) is 4.35. The lowest BCUT2D eigenvalue weighted by Crippen LogP contribution is -2.31. The number of halogens is 2. The molecule has 0 aliphatic heterocycles. The van der Waals surface area contributed by atoms with Crippen LogP contribution in [0.5, 0.6) is 5.75 Å². The number of rotatable bonds is 7. The molecule has 6 nitrogen and oxygen atoms in total. The van der Waals surface area contributed by atoms with Gasteiger partial charge in [0, 0.05) is 12.1 Å². The van der Waals surface area contributed by atoms with Crippen molar-refractivity contribution in [1.29, 1.82) is 0 Å². The molecule has 0 spiro atoms. The van der Waals surface area contributed by atoms with Gasteiger partial charge in [-0.05, 0) is 32.0 Å². The van der Waals surface area contributed by atoms with Crippen LogP contribution < -0.4 is 10.1 Å². The molecule has 0 radical (unpaired) electrons. The van der Waals surface area contributed by atoms with E-state index in [0.717, 1.165) is 5.69 Å². The molecule has 0 saturated carbocycles. The van der Waals surface area contributed by atoms with Crippen LogP contribution >= 0.6 is 0 Å².